The van der Waals surface area contributed by atoms with Gasteiger partial charge in [-0.15, -0.1) is 11.8 Å². The van der Waals surface area contributed by atoms with Gasteiger partial charge in [-0.1, -0.05) is 28.9 Å². The summed E-state index contributed by atoms with van der Waals surface area (Å²) in [6.45, 7) is 0.566. The largest absolute Gasteiger partial charge is 0.392 e. The molecule has 1 aliphatic heterocycles. The summed E-state index contributed by atoms with van der Waals surface area (Å²) in [6, 6.07) is 7.62. The van der Waals surface area contributed by atoms with Crippen molar-refractivity contribution >= 4 is 23.4 Å². The van der Waals surface area contributed by atoms with Crippen molar-refractivity contribution in [3.63, 3.8) is 0 Å². The highest BCUT2D eigenvalue weighted by Gasteiger charge is 2.28. The minimum atomic E-state index is -0.340. The highest BCUT2D eigenvalue weighted by Crippen LogP contribution is 2.29. The van der Waals surface area contributed by atoms with Crippen molar-refractivity contribution < 1.29 is 9.63 Å². The molecule has 1 fully saturated rings. The van der Waals surface area contributed by atoms with Gasteiger partial charge in [-0.05, 0) is 18.6 Å². The molecule has 1 aliphatic rings. The number of nitrogens with zero attached hydrogens (tertiary/aromatic N) is 2. The average molecular weight is 312 g/mol. The second-order valence-electron chi connectivity index (χ2n) is 4.62. The molecule has 0 aliphatic carbocycles. The highest BCUT2D eigenvalue weighted by atomic mass is 35.5. The maximum Gasteiger partial charge on any atom is 0.243 e. The molecule has 0 spiro atoms. The molecule has 20 heavy (non-hydrogen) atoms. The third-order valence-corrected chi connectivity index (χ3v) is 4.59. The van der Waals surface area contributed by atoms with Crippen LogP contribution in [0.1, 0.15) is 24.2 Å². The number of halogens is 1. The molecule has 106 valence electrons. The molecule has 0 bridgehead atoms. The van der Waals surface area contributed by atoms with Crippen LogP contribution in [-0.4, -0.2) is 27.9 Å². The number of aromatic nitrogens is 2. The maximum absolute atomic E-state index is 9.48. The molecule has 0 radical (unpaired) electrons. The smallest absolute Gasteiger partial charge is 0.243 e. The fourth-order valence-corrected chi connectivity index (χ4v) is 3.16. The first-order chi connectivity index (χ1) is 9.72. The van der Waals surface area contributed by atoms with E-state index in [0.717, 1.165) is 9.92 Å². The minimum absolute atomic E-state index is 0.0448. The van der Waals surface area contributed by atoms with E-state index >= 15 is 0 Å². The topological polar surface area (TPSA) is 71.2 Å². The minimum Gasteiger partial charge on any atom is -0.392 e. The first-order valence-electron chi connectivity index (χ1n) is 6.33. The third kappa shape index (κ3) is 3.15. The Labute approximate surface area is 125 Å². The normalized spacial score (nSPS) is 22.3. The molecule has 2 N–H and O–H groups in total. The van der Waals surface area contributed by atoms with Gasteiger partial charge in [0.25, 0.3) is 0 Å². The second kappa shape index (κ2) is 6.13. The number of nitrogens with one attached hydrogen (secondary N) is 1. The average Bonchev–Trinajstić information content (AvgIpc) is 3.06. The molecule has 0 amide bonds. The number of hydrogen-bond acceptors (Lipinski definition) is 6. The van der Waals surface area contributed by atoms with Crippen LogP contribution in [0.3, 0.4) is 0 Å². The molecular formula is C13H14ClN3O2S. The second-order valence-corrected chi connectivity index (χ2v) is 6.04. The van der Waals surface area contributed by atoms with Crippen molar-refractivity contribution in [2.45, 2.75) is 29.2 Å². The molecule has 7 heteroatoms. The first kappa shape index (κ1) is 13.9. The summed E-state index contributed by atoms with van der Waals surface area (Å²) in [4.78, 5) is 5.35. The van der Waals surface area contributed by atoms with Crippen molar-refractivity contribution in [2.24, 2.45) is 0 Å². The van der Waals surface area contributed by atoms with E-state index < -0.39 is 0 Å². The van der Waals surface area contributed by atoms with Crippen LogP contribution in [-0.2, 0) is 5.75 Å². The lowest BCUT2D eigenvalue weighted by molar-refractivity contribution is 0.191. The molecule has 1 aromatic heterocycles. The maximum atomic E-state index is 9.48. The SMILES string of the molecule is O[C@H]1CN[C@@H](c2nc(CSc3ccccc3Cl)no2)C1. The lowest BCUT2D eigenvalue weighted by atomic mass is 10.2. The number of aliphatic hydroxyl groups excluding tert-OH is 1. The molecule has 0 unspecified atom stereocenters. The monoisotopic (exact) mass is 311 g/mol. The van der Waals surface area contributed by atoms with E-state index in [1.165, 1.54) is 0 Å². The van der Waals surface area contributed by atoms with E-state index in [1.54, 1.807) is 11.8 Å². The van der Waals surface area contributed by atoms with E-state index in [2.05, 4.69) is 15.5 Å². The van der Waals surface area contributed by atoms with Gasteiger partial charge >= 0.3 is 0 Å². The number of β-amino-alcohol motifs (C(OH)–C–C–N with tert-alkyl or cyclic N) is 1. The number of benzene rings is 1. The Balaban J connectivity index is 1.62. The van der Waals surface area contributed by atoms with Gasteiger partial charge in [0.05, 0.1) is 22.9 Å². The van der Waals surface area contributed by atoms with Gasteiger partial charge in [-0.25, -0.2) is 0 Å². The molecule has 1 saturated heterocycles. The Morgan fingerprint density at radius 1 is 1.45 bits per heavy atom. The Bertz CT molecular complexity index is 593. The molecule has 2 heterocycles. The van der Waals surface area contributed by atoms with Crippen LogP contribution >= 0.6 is 23.4 Å². The zero-order valence-electron chi connectivity index (χ0n) is 10.6. The van der Waals surface area contributed by atoms with Crippen molar-refractivity contribution in [1.29, 1.82) is 0 Å². The van der Waals surface area contributed by atoms with Crippen LogP contribution in [0.15, 0.2) is 33.7 Å². The summed E-state index contributed by atoms with van der Waals surface area (Å²) in [5.41, 5.74) is 0. The molecule has 2 atom stereocenters. The van der Waals surface area contributed by atoms with Gasteiger partial charge in [-0.3, -0.25) is 0 Å². The fraction of sp³-hybridized carbons (Fsp3) is 0.385. The Morgan fingerprint density at radius 2 is 2.30 bits per heavy atom. The van der Waals surface area contributed by atoms with Crippen molar-refractivity contribution in [3.05, 3.63) is 41.0 Å². The molecular weight excluding hydrogens is 298 g/mol. The summed E-state index contributed by atoms with van der Waals surface area (Å²) in [7, 11) is 0. The zero-order chi connectivity index (χ0) is 13.9. The van der Waals surface area contributed by atoms with Crippen LogP contribution in [0.5, 0.6) is 0 Å². The number of rotatable bonds is 4. The molecule has 2 aromatic rings. The summed E-state index contributed by atoms with van der Waals surface area (Å²) >= 11 is 7.66. The quantitative estimate of drug-likeness (QED) is 0.845. The summed E-state index contributed by atoms with van der Waals surface area (Å²) in [6.07, 6.45) is 0.270. The Morgan fingerprint density at radius 3 is 3.05 bits per heavy atom. The van der Waals surface area contributed by atoms with Crippen LogP contribution < -0.4 is 5.32 Å². The predicted octanol–water partition coefficient (Wildman–Crippen LogP) is 2.41. The van der Waals surface area contributed by atoms with Crippen molar-refractivity contribution in [3.8, 4) is 0 Å². The summed E-state index contributed by atoms with van der Waals surface area (Å²) in [5.74, 6) is 1.77. The van der Waals surface area contributed by atoms with Crippen LogP contribution in [0.25, 0.3) is 0 Å². The third-order valence-electron chi connectivity index (χ3n) is 3.08. The zero-order valence-corrected chi connectivity index (χ0v) is 12.2. The summed E-state index contributed by atoms with van der Waals surface area (Å²) in [5, 5.41) is 17.3. The molecule has 3 rings (SSSR count). The first-order valence-corrected chi connectivity index (χ1v) is 7.70. The van der Waals surface area contributed by atoms with Gasteiger partial charge in [0.15, 0.2) is 5.82 Å². The van der Waals surface area contributed by atoms with E-state index in [1.807, 2.05) is 24.3 Å². The van der Waals surface area contributed by atoms with Crippen LogP contribution in [0.4, 0.5) is 0 Å². The van der Waals surface area contributed by atoms with Crippen LogP contribution in [0, 0.1) is 0 Å². The Kier molecular flexibility index (Phi) is 4.26. The Hall–Kier alpha value is -1.08. The number of hydrogen-bond donors (Lipinski definition) is 2. The van der Waals surface area contributed by atoms with E-state index in [9.17, 15) is 5.11 Å². The van der Waals surface area contributed by atoms with Gasteiger partial charge in [0, 0.05) is 11.4 Å². The fourth-order valence-electron chi connectivity index (χ4n) is 2.08. The van der Waals surface area contributed by atoms with Gasteiger partial charge in [0.2, 0.25) is 5.89 Å². The standard InChI is InChI=1S/C13H14ClN3O2S/c14-9-3-1-2-4-11(9)20-7-12-16-13(19-17-12)10-5-8(18)6-15-10/h1-4,8,10,15,18H,5-7H2/t8-,10-/m1/s1. The predicted molar refractivity (Wildman–Crippen MR) is 76.7 cm³/mol. The summed E-state index contributed by atoms with van der Waals surface area (Å²) < 4.78 is 5.23. The van der Waals surface area contributed by atoms with E-state index in [4.69, 9.17) is 16.1 Å². The van der Waals surface area contributed by atoms with Gasteiger partial charge in [0.1, 0.15) is 0 Å². The lowest BCUT2D eigenvalue weighted by Gasteiger charge is -2.02. The van der Waals surface area contributed by atoms with Crippen molar-refractivity contribution in [2.75, 3.05) is 6.54 Å². The number of thioether (sulfide) groups is 1. The molecule has 0 saturated carbocycles. The highest BCUT2D eigenvalue weighted by molar-refractivity contribution is 7.98. The van der Waals surface area contributed by atoms with E-state index in [-0.39, 0.29) is 12.1 Å². The van der Waals surface area contributed by atoms with E-state index in [0.29, 0.717) is 30.4 Å². The van der Waals surface area contributed by atoms with Crippen molar-refractivity contribution in [1.82, 2.24) is 15.5 Å². The number of aliphatic hydroxyl groups is 1. The molecule has 1 aromatic carbocycles. The van der Waals surface area contributed by atoms with Crippen LogP contribution in [0.2, 0.25) is 5.02 Å². The lowest BCUT2D eigenvalue weighted by Crippen LogP contribution is -2.15. The molecule has 5 nitrogen and oxygen atoms in total. The van der Waals surface area contributed by atoms with Gasteiger partial charge < -0.3 is 14.9 Å². The van der Waals surface area contributed by atoms with Gasteiger partial charge in [-0.2, -0.15) is 4.98 Å².